The molecule has 0 radical (unpaired) electrons. The Balaban J connectivity index is 2.38. The standard InChI is InChI=1S/C18H17N3O5/c1-20-17(22)9-12-8-15(25-2)16(26-3)10-14(12)18(19-20)11-5-4-6-13(7-11)21(23)24/h4-10,19H,1-3H3. The molecule has 3 rings (SSSR count). The highest BCUT2D eigenvalue weighted by Crippen LogP contribution is 2.23. The Bertz CT molecular complexity index is 1020. The number of fused-ring (bicyclic) bond motifs is 1. The van der Waals surface area contributed by atoms with E-state index >= 15 is 0 Å². The van der Waals surface area contributed by atoms with Crippen molar-refractivity contribution in [2.24, 2.45) is 0 Å². The average molecular weight is 355 g/mol. The van der Waals surface area contributed by atoms with Gasteiger partial charge in [0.25, 0.3) is 11.6 Å². The summed E-state index contributed by atoms with van der Waals surface area (Å²) in [5.41, 5.74) is 4.09. The molecule has 2 aromatic rings. The average Bonchev–Trinajstić information content (AvgIpc) is 2.77. The van der Waals surface area contributed by atoms with Crippen LogP contribution in [0.25, 0.3) is 11.8 Å². The quantitative estimate of drug-likeness (QED) is 0.635. The molecule has 134 valence electrons. The molecule has 2 aromatic carbocycles. The highest BCUT2D eigenvalue weighted by atomic mass is 16.6. The van der Waals surface area contributed by atoms with Crippen LogP contribution in [0.5, 0.6) is 11.5 Å². The molecule has 1 amide bonds. The fourth-order valence-electron chi connectivity index (χ4n) is 2.74. The number of nitrogens with zero attached hydrogens (tertiary/aromatic N) is 2. The molecule has 0 bridgehead atoms. The summed E-state index contributed by atoms with van der Waals surface area (Å²) < 4.78 is 10.7. The molecule has 26 heavy (non-hydrogen) atoms. The maximum absolute atomic E-state index is 12.3. The largest absolute Gasteiger partial charge is 0.493 e. The van der Waals surface area contributed by atoms with Crippen LogP contribution in [0.15, 0.2) is 36.4 Å². The van der Waals surface area contributed by atoms with Gasteiger partial charge in [0.2, 0.25) is 0 Å². The number of hydrogen-bond acceptors (Lipinski definition) is 6. The van der Waals surface area contributed by atoms with Crippen molar-refractivity contribution in [3.63, 3.8) is 0 Å². The Labute approximate surface area is 149 Å². The van der Waals surface area contributed by atoms with Crippen molar-refractivity contribution < 1.29 is 19.2 Å². The van der Waals surface area contributed by atoms with Crippen LogP contribution >= 0.6 is 0 Å². The highest BCUT2D eigenvalue weighted by molar-refractivity contribution is 6.04. The number of hydrogen-bond donors (Lipinski definition) is 1. The van der Waals surface area contributed by atoms with Crippen molar-refractivity contribution in [2.45, 2.75) is 0 Å². The fourth-order valence-corrected chi connectivity index (χ4v) is 2.74. The molecule has 0 saturated heterocycles. The number of non-ortho nitro benzene ring substituents is 1. The van der Waals surface area contributed by atoms with Gasteiger partial charge in [-0.15, -0.1) is 0 Å². The maximum atomic E-state index is 12.3. The van der Waals surface area contributed by atoms with E-state index in [1.807, 2.05) is 0 Å². The Morgan fingerprint density at radius 3 is 2.46 bits per heavy atom. The second-order valence-electron chi connectivity index (χ2n) is 5.63. The van der Waals surface area contributed by atoms with Gasteiger partial charge >= 0.3 is 0 Å². The van der Waals surface area contributed by atoms with E-state index < -0.39 is 4.92 Å². The zero-order valence-corrected chi connectivity index (χ0v) is 14.5. The Kier molecular flexibility index (Phi) is 4.49. The summed E-state index contributed by atoms with van der Waals surface area (Å²) >= 11 is 0. The number of carbonyl (C=O) groups is 1. The number of methoxy groups -OCH3 is 2. The van der Waals surface area contributed by atoms with E-state index in [1.165, 1.54) is 37.4 Å². The van der Waals surface area contributed by atoms with Crippen LogP contribution in [0.3, 0.4) is 0 Å². The highest BCUT2D eigenvalue weighted by Gasteiger charge is 2.18. The van der Waals surface area contributed by atoms with E-state index in [4.69, 9.17) is 9.47 Å². The third-order valence-corrected chi connectivity index (χ3v) is 4.06. The van der Waals surface area contributed by atoms with E-state index in [0.29, 0.717) is 33.2 Å². The summed E-state index contributed by atoms with van der Waals surface area (Å²) in [4.78, 5) is 23.0. The van der Waals surface area contributed by atoms with Crippen LogP contribution in [0, 0.1) is 10.1 Å². The number of benzene rings is 2. The minimum atomic E-state index is -0.461. The van der Waals surface area contributed by atoms with Gasteiger partial charge in [-0.25, -0.2) is 0 Å². The SMILES string of the molecule is COc1cc2c(cc1OC)=C(c1cccc([N+](=O)[O-])c1)NN(C)C(=O)C=2. The number of hydrazine groups is 1. The number of nitro groups is 1. The molecule has 1 aliphatic heterocycles. The second kappa shape index (κ2) is 6.75. The molecule has 8 nitrogen and oxygen atoms in total. The van der Waals surface area contributed by atoms with Crippen LogP contribution in [0.2, 0.25) is 0 Å². The molecular formula is C18H17N3O5. The molecule has 1 N–H and O–H groups in total. The fraction of sp³-hybridized carbons (Fsp3) is 0.167. The third-order valence-electron chi connectivity index (χ3n) is 4.06. The molecule has 0 unspecified atom stereocenters. The van der Waals surface area contributed by atoms with Gasteiger partial charge in [-0.05, 0) is 17.4 Å². The van der Waals surface area contributed by atoms with Gasteiger partial charge in [0.1, 0.15) is 0 Å². The van der Waals surface area contributed by atoms with Crippen LogP contribution in [0.1, 0.15) is 5.56 Å². The Morgan fingerprint density at radius 2 is 1.81 bits per heavy atom. The first-order valence-electron chi connectivity index (χ1n) is 7.72. The van der Waals surface area contributed by atoms with E-state index in [1.54, 1.807) is 31.3 Å². The van der Waals surface area contributed by atoms with Crippen LogP contribution < -0.4 is 25.3 Å². The summed E-state index contributed by atoms with van der Waals surface area (Å²) in [5, 5.41) is 13.7. The number of nitrogens with one attached hydrogen (secondary N) is 1. The first-order chi connectivity index (χ1) is 12.4. The molecular weight excluding hydrogens is 338 g/mol. The van der Waals surface area contributed by atoms with Gasteiger partial charge in [-0.3, -0.25) is 25.3 Å². The first kappa shape index (κ1) is 17.3. The predicted molar refractivity (Wildman–Crippen MR) is 94.8 cm³/mol. The minimum Gasteiger partial charge on any atom is -0.493 e. The Morgan fingerprint density at radius 1 is 1.12 bits per heavy atom. The zero-order valence-electron chi connectivity index (χ0n) is 14.5. The van der Waals surface area contributed by atoms with E-state index in [9.17, 15) is 14.9 Å². The predicted octanol–water partition coefficient (Wildman–Crippen LogP) is 0.526. The molecule has 0 saturated carbocycles. The molecule has 0 fully saturated rings. The lowest BCUT2D eigenvalue weighted by Crippen LogP contribution is -2.38. The minimum absolute atomic E-state index is 0.0407. The van der Waals surface area contributed by atoms with Gasteiger partial charge in [0, 0.05) is 36.0 Å². The molecule has 1 aliphatic rings. The number of rotatable bonds is 4. The van der Waals surface area contributed by atoms with Crippen LogP contribution in [-0.2, 0) is 4.79 Å². The summed E-state index contributed by atoms with van der Waals surface area (Å²) in [7, 11) is 4.61. The normalized spacial score (nSPS) is 13.3. The number of ether oxygens (including phenoxy) is 2. The Hall–Kier alpha value is -3.55. The number of nitro benzene ring substituents is 1. The summed E-state index contributed by atoms with van der Waals surface area (Å²) in [6, 6.07) is 9.63. The second-order valence-corrected chi connectivity index (χ2v) is 5.63. The van der Waals surface area contributed by atoms with Crippen molar-refractivity contribution in [3.8, 4) is 11.5 Å². The maximum Gasteiger partial charge on any atom is 0.270 e. The molecule has 0 atom stereocenters. The van der Waals surface area contributed by atoms with Crippen molar-refractivity contribution in [3.05, 3.63) is 62.5 Å². The lowest BCUT2D eigenvalue weighted by Gasteiger charge is -2.19. The van der Waals surface area contributed by atoms with E-state index in [-0.39, 0.29) is 11.6 Å². The van der Waals surface area contributed by atoms with Crippen molar-refractivity contribution in [1.29, 1.82) is 0 Å². The van der Waals surface area contributed by atoms with Crippen LogP contribution in [0.4, 0.5) is 5.69 Å². The summed E-state index contributed by atoms with van der Waals surface area (Å²) in [6.45, 7) is 0. The third kappa shape index (κ3) is 3.04. The van der Waals surface area contributed by atoms with Gasteiger partial charge in [-0.2, -0.15) is 0 Å². The molecule has 0 spiro atoms. The van der Waals surface area contributed by atoms with Crippen molar-refractivity contribution in [2.75, 3.05) is 21.3 Å². The topological polar surface area (TPSA) is 93.9 Å². The van der Waals surface area contributed by atoms with Crippen LogP contribution in [-0.4, -0.2) is 37.1 Å². The molecule has 8 heteroatoms. The van der Waals surface area contributed by atoms with Gasteiger partial charge in [0.15, 0.2) is 11.5 Å². The molecule has 0 aromatic heterocycles. The zero-order chi connectivity index (χ0) is 18.8. The van der Waals surface area contributed by atoms with Gasteiger partial charge < -0.3 is 9.47 Å². The number of carbonyl (C=O) groups excluding carboxylic acids is 1. The number of amides is 1. The first-order valence-corrected chi connectivity index (χ1v) is 7.72. The lowest BCUT2D eigenvalue weighted by atomic mass is 10.1. The van der Waals surface area contributed by atoms with Crippen molar-refractivity contribution >= 4 is 23.4 Å². The van der Waals surface area contributed by atoms with Gasteiger partial charge in [0.05, 0.1) is 24.8 Å². The smallest absolute Gasteiger partial charge is 0.270 e. The van der Waals surface area contributed by atoms with E-state index in [0.717, 1.165) is 0 Å². The van der Waals surface area contributed by atoms with Gasteiger partial charge in [-0.1, -0.05) is 12.1 Å². The van der Waals surface area contributed by atoms with Crippen molar-refractivity contribution in [1.82, 2.24) is 10.4 Å². The van der Waals surface area contributed by atoms with E-state index in [2.05, 4.69) is 5.43 Å². The molecule has 1 heterocycles. The lowest BCUT2D eigenvalue weighted by molar-refractivity contribution is -0.384. The summed E-state index contributed by atoms with van der Waals surface area (Å²) in [6.07, 6.45) is 1.47. The summed E-state index contributed by atoms with van der Waals surface area (Å²) in [5.74, 6) is 0.707. The molecule has 0 aliphatic carbocycles. The monoisotopic (exact) mass is 355 g/mol.